The third kappa shape index (κ3) is 4.22. The zero-order chi connectivity index (χ0) is 22.3. The number of halogens is 3. The molecule has 0 unspecified atom stereocenters. The number of rotatable bonds is 4. The van der Waals surface area contributed by atoms with Crippen LogP contribution in [-0.4, -0.2) is 21.4 Å². The number of carbonyl (C=O) groups excluding carboxylic acids is 2. The summed E-state index contributed by atoms with van der Waals surface area (Å²) in [7, 11) is 0. The van der Waals surface area contributed by atoms with Crippen LogP contribution in [0.4, 0.5) is 4.79 Å². The van der Waals surface area contributed by atoms with Crippen molar-refractivity contribution >= 4 is 52.8 Å². The fourth-order valence-corrected chi connectivity index (χ4v) is 4.10. The van der Waals surface area contributed by atoms with Crippen molar-refractivity contribution in [2.24, 2.45) is 0 Å². The SMILES string of the molecule is Cc1cc(/C=C2\NC(=O)N(Cc3ccc(Cl)cc3)C2=O)c(C)n1-c1cc(Cl)ccc1Cl. The topological polar surface area (TPSA) is 54.3 Å². The Morgan fingerprint density at radius 1 is 0.935 bits per heavy atom. The lowest BCUT2D eigenvalue weighted by Gasteiger charge is -2.12. The lowest BCUT2D eigenvalue weighted by atomic mass is 10.2. The molecule has 1 fully saturated rings. The summed E-state index contributed by atoms with van der Waals surface area (Å²) in [5, 5.41) is 4.39. The smallest absolute Gasteiger partial charge is 0.316 e. The van der Waals surface area contributed by atoms with Gasteiger partial charge in [-0.3, -0.25) is 9.69 Å². The summed E-state index contributed by atoms with van der Waals surface area (Å²) in [6, 6.07) is 13.7. The predicted octanol–water partition coefficient (Wildman–Crippen LogP) is 6.15. The summed E-state index contributed by atoms with van der Waals surface area (Å²) in [6.07, 6.45) is 1.68. The highest BCUT2D eigenvalue weighted by Crippen LogP contribution is 2.30. The van der Waals surface area contributed by atoms with E-state index in [-0.39, 0.29) is 18.1 Å². The molecule has 158 valence electrons. The van der Waals surface area contributed by atoms with Gasteiger partial charge in [0.15, 0.2) is 0 Å². The Balaban J connectivity index is 1.65. The van der Waals surface area contributed by atoms with Gasteiger partial charge in [0.2, 0.25) is 0 Å². The molecule has 0 atom stereocenters. The molecule has 4 rings (SSSR count). The lowest BCUT2D eigenvalue weighted by Crippen LogP contribution is -2.30. The van der Waals surface area contributed by atoms with E-state index in [0.717, 1.165) is 28.2 Å². The number of hydrogen-bond acceptors (Lipinski definition) is 2. The molecule has 2 aromatic carbocycles. The highest BCUT2D eigenvalue weighted by atomic mass is 35.5. The van der Waals surface area contributed by atoms with E-state index in [4.69, 9.17) is 34.8 Å². The first-order valence-electron chi connectivity index (χ1n) is 9.48. The molecule has 1 aromatic heterocycles. The maximum Gasteiger partial charge on any atom is 0.329 e. The van der Waals surface area contributed by atoms with Crippen LogP contribution in [0.15, 0.2) is 54.2 Å². The molecule has 0 radical (unpaired) electrons. The predicted molar refractivity (Wildman–Crippen MR) is 124 cm³/mol. The molecule has 0 spiro atoms. The van der Waals surface area contributed by atoms with Gasteiger partial charge in [-0.05, 0) is 67.4 Å². The molecule has 1 saturated heterocycles. The first kappa shape index (κ1) is 21.5. The van der Waals surface area contributed by atoms with Gasteiger partial charge in [-0.15, -0.1) is 0 Å². The van der Waals surface area contributed by atoms with E-state index in [1.54, 1.807) is 48.5 Å². The number of nitrogens with one attached hydrogen (secondary N) is 1. The van der Waals surface area contributed by atoms with Crippen LogP contribution in [-0.2, 0) is 11.3 Å². The second-order valence-electron chi connectivity index (χ2n) is 7.26. The van der Waals surface area contributed by atoms with Crippen molar-refractivity contribution in [1.29, 1.82) is 0 Å². The Labute approximate surface area is 194 Å². The van der Waals surface area contributed by atoms with Gasteiger partial charge >= 0.3 is 6.03 Å². The quantitative estimate of drug-likeness (QED) is 0.364. The number of amides is 3. The van der Waals surface area contributed by atoms with Crippen LogP contribution in [0, 0.1) is 13.8 Å². The first-order chi connectivity index (χ1) is 14.7. The normalized spacial score (nSPS) is 15.1. The average molecular weight is 475 g/mol. The number of nitrogens with zero attached hydrogens (tertiary/aromatic N) is 2. The summed E-state index contributed by atoms with van der Waals surface area (Å²) in [6.45, 7) is 4.02. The number of hydrogen-bond donors (Lipinski definition) is 1. The Kier molecular flexibility index (Phi) is 5.84. The van der Waals surface area contributed by atoms with Gasteiger partial charge in [0, 0.05) is 21.4 Å². The minimum atomic E-state index is -0.460. The molecule has 0 bridgehead atoms. The zero-order valence-corrected chi connectivity index (χ0v) is 19.0. The zero-order valence-electron chi connectivity index (χ0n) is 16.7. The maximum absolute atomic E-state index is 12.9. The molecule has 3 aromatic rings. The van der Waals surface area contributed by atoms with Gasteiger partial charge in [-0.1, -0.05) is 46.9 Å². The van der Waals surface area contributed by atoms with E-state index in [1.807, 2.05) is 24.5 Å². The van der Waals surface area contributed by atoms with Crippen LogP contribution in [0.3, 0.4) is 0 Å². The molecule has 1 aliphatic heterocycles. The summed E-state index contributed by atoms with van der Waals surface area (Å²) in [5.41, 5.74) is 4.36. The number of aryl methyl sites for hydroxylation is 1. The van der Waals surface area contributed by atoms with Gasteiger partial charge in [-0.25, -0.2) is 4.79 Å². The molecular weight excluding hydrogens is 457 g/mol. The van der Waals surface area contributed by atoms with Gasteiger partial charge in [0.25, 0.3) is 5.91 Å². The molecule has 0 aliphatic carbocycles. The minimum Gasteiger partial charge on any atom is -0.316 e. The Hall–Kier alpha value is -2.73. The molecule has 1 aliphatic rings. The molecule has 1 N–H and O–H groups in total. The maximum atomic E-state index is 12.9. The minimum absolute atomic E-state index is 0.163. The van der Waals surface area contributed by atoms with Crippen LogP contribution >= 0.6 is 34.8 Å². The molecule has 5 nitrogen and oxygen atoms in total. The fourth-order valence-electron chi connectivity index (χ4n) is 3.60. The summed E-state index contributed by atoms with van der Waals surface area (Å²) in [4.78, 5) is 26.4. The highest BCUT2D eigenvalue weighted by molar-refractivity contribution is 6.34. The Morgan fingerprint density at radius 3 is 2.32 bits per heavy atom. The number of urea groups is 1. The van der Waals surface area contributed by atoms with E-state index in [1.165, 1.54) is 4.90 Å². The second kappa shape index (κ2) is 8.42. The summed E-state index contributed by atoms with van der Waals surface area (Å²) < 4.78 is 1.97. The third-order valence-corrected chi connectivity index (χ3v) is 5.94. The number of benzene rings is 2. The van der Waals surface area contributed by atoms with Gasteiger partial charge in [0.1, 0.15) is 5.70 Å². The second-order valence-corrected chi connectivity index (χ2v) is 8.54. The van der Waals surface area contributed by atoms with E-state index in [2.05, 4.69) is 5.32 Å². The van der Waals surface area contributed by atoms with Crippen LogP contribution in [0.1, 0.15) is 22.5 Å². The summed E-state index contributed by atoms with van der Waals surface area (Å²) >= 11 is 18.4. The molecule has 3 amide bonds. The van der Waals surface area contributed by atoms with Crippen molar-refractivity contribution in [3.05, 3.63) is 91.8 Å². The number of aromatic nitrogens is 1. The molecule has 2 heterocycles. The first-order valence-corrected chi connectivity index (χ1v) is 10.6. The van der Waals surface area contributed by atoms with Crippen molar-refractivity contribution in [2.75, 3.05) is 0 Å². The van der Waals surface area contributed by atoms with Gasteiger partial charge < -0.3 is 9.88 Å². The van der Waals surface area contributed by atoms with Crippen molar-refractivity contribution in [3.8, 4) is 5.69 Å². The van der Waals surface area contributed by atoms with Crippen LogP contribution in [0.5, 0.6) is 0 Å². The highest BCUT2D eigenvalue weighted by Gasteiger charge is 2.33. The largest absolute Gasteiger partial charge is 0.329 e. The van der Waals surface area contributed by atoms with Crippen LogP contribution < -0.4 is 5.32 Å². The van der Waals surface area contributed by atoms with Gasteiger partial charge in [0.05, 0.1) is 17.3 Å². The van der Waals surface area contributed by atoms with Crippen LogP contribution in [0.2, 0.25) is 15.1 Å². The Bertz CT molecular complexity index is 1230. The molecule has 0 saturated carbocycles. The average Bonchev–Trinajstić information content (AvgIpc) is 3.15. The van der Waals surface area contributed by atoms with Crippen molar-refractivity contribution in [1.82, 2.24) is 14.8 Å². The standard InChI is InChI=1S/C23H18Cl3N3O2/c1-13-9-16(14(2)29(13)21-11-18(25)7-8-19(21)26)10-20-22(30)28(23(31)27-20)12-15-3-5-17(24)6-4-15/h3-11H,12H2,1-2H3,(H,27,31)/b20-10-. The molecule has 8 heteroatoms. The number of imide groups is 1. The van der Waals surface area contributed by atoms with Crippen LogP contribution in [0.25, 0.3) is 11.8 Å². The van der Waals surface area contributed by atoms with Crippen molar-refractivity contribution in [2.45, 2.75) is 20.4 Å². The Morgan fingerprint density at radius 2 is 1.61 bits per heavy atom. The summed E-state index contributed by atoms with van der Waals surface area (Å²) in [5.74, 6) is -0.384. The van der Waals surface area contributed by atoms with E-state index < -0.39 is 6.03 Å². The van der Waals surface area contributed by atoms with E-state index in [0.29, 0.717) is 15.1 Å². The fraction of sp³-hybridized carbons (Fsp3) is 0.130. The number of carbonyl (C=O) groups is 2. The molecular formula is C23H18Cl3N3O2. The lowest BCUT2D eigenvalue weighted by molar-refractivity contribution is -0.123. The third-order valence-electron chi connectivity index (χ3n) is 5.14. The van der Waals surface area contributed by atoms with E-state index in [9.17, 15) is 9.59 Å². The molecule has 31 heavy (non-hydrogen) atoms. The van der Waals surface area contributed by atoms with Crippen molar-refractivity contribution < 1.29 is 9.59 Å². The monoisotopic (exact) mass is 473 g/mol. The van der Waals surface area contributed by atoms with Gasteiger partial charge in [-0.2, -0.15) is 0 Å². The van der Waals surface area contributed by atoms with E-state index >= 15 is 0 Å². The van der Waals surface area contributed by atoms with Crippen molar-refractivity contribution in [3.63, 3.8) is 0 Å².